The van der Waals surface area contributed by atoms with Crippen LogP contribution in [-0.4, -0.2) is 37.1 Å². The molecule has 1 atom stereocenters. The van der Waals surface area contributed by atoms with Gasteiger partial charge in [0.2, 0.25) is 0 Å². The highest BCUT2D eigenvalue weighted by Gasteiger charge is 2.23. The molecule has 1 aliphatic rings. The van der Waals surface area contributed by atoms with Crippen LogP contribution in [0.1, 0.15) is 22.0 Å². The molecule has 0 spiro atoms. The van der Waals surface area contributed by atoms with Gasteiger partial charge in [0.1, 0.15) is 5.01 Å². The second-order valence-electron chi connectivity index (χ2n) is 6.09. The van der Waals surface area contributed by atoms with Gasteiger partial charge in [-0.2, -0.15) is 0 Å². The van der Waals surface area contributed by atoms with Gasteiger partial charge in [-0.15, -0.1) is 11.3 Å². The number of hydrogen-bond acceptors (Lipinski definition) is 4. The molecule has 2 aromatic rings. The monoisotopic (exact) mass is 343 g/mol. The van der Waals surface area contributed by atoms with Crippen molar-refractivity contribution in [3.05, 3.63) is 45.9 Å². The summed E-state index contributed by atoms with van der Waals surface area (Å²) in [5, 5.41) is 8.01. The summed E-state index contributed by atoms with van der Waals surface area (Å²) < 4.78 is 0. The predicted molar refractivity (Wildman–Crippen MR) is 102 cm³/mol. The summed E-state index contributed by atoms with van der Waals surface area (Å²) in [4.78, 5) is 12.6. The van der Waals surface area contributed by atoms with E-state index in [0.29, 0.717) is 12.6 Å². The Hall–Kier alpha value is -2.08. The summed E-state index contributed by atoms with van der Waals surface area (Å²) in [7, 11) is 1.82. The van der Waals surface area contributed by atoms with Crippen LogP contribution in [0.4, 0.5) is 5.69 Å². The molecule has 6 heteroatoms. The minimum atomic E-state index is 0.413. The minimum Gasteiger partial charge on any atom is -0.369 e. The molecule has 1 aromatic heterocycles. The third-order valence-electron chi connectivity index (χ3n) is 4.35. The van der Waals surface area contributed by atoms with E-state index >= 15 is 0 Å². The molecule has 5 nitrogen and oxygen atoms in total. The molecular formula is C18H25N5S. The molecule has 128 valence electrons. The van der Waals surface area contributed by atoms with Crippen LogP contribution >= 0.6 is 11.3 Å². The fraction of sp³-hybridized carbons (Fsp3) is 0.444. The maximum Gasteiger partial charge on any atom is 0.191 e. The molecule has 2 heterocycles. The average molecular weight is 344 g/mol. The maximum atomic E-state index is 4.57. The van der Waals surface area contributed by atoms with Gasteiger partial charge < -0.3 is 15.5 Å². The number of anilines is 1. The molecule has 1 unspecified atom stereocenters. The first-order valence-electron chi connectivity index (χ1n) is 8.36. The van der Waals surface area contributed by atoms with Crippen molar-refractivity contribution in [2.24, 2.45) is 4.99 Å². The number of aromatic nitrogens is 1. The zero-order valence-corrected chi connectivity index (χ0v) is 15.4. The average Bonchev–Trinajstić information content (AvgIpc) is 3.19. The van der Waals surface area contributed by atoms with Crippen LogP contribution in [0.5, 0.6) is 0 Å². The van der Waals surface area contributed by atoms with E-state index in [1.54, 1.807) is 11.3 Å². The molecule has 0 radical (unpaired) electrons. The molecule has 3 rings (SSSR count). The van der Waals surface area contributed by atoms with Gasteiger partial charge in [0.15, 0.2) is 5.96 Å². The largest absolute Gasteiger partial charge is 0.369 e. The lowest BCUT2D eigenvalue weighted by Crippen LogP contribution is -2.44. The first-order chi connectivity index (χ1) is 11.7. The lowest BCUT2D eigenvalue weighted by atomic mass is 10.3. The lowest BCUT2D eigenvalue weighted by Gasteiger charge is -2.20. The molecule has 1 fully saturated rings. The van der Waals surface area contributed by atoms with Crippen LogP contribution in [-0.2, 0) is 6.54 Å². The number of hydrogen-bond donors (Lipinski definition) is 2. The van der Waals surface area contributed by atoms with Crippen molar-refractivity contribution in [1.82, 2.24) is 15.6 Å². The molecule has 0 aliphatic carbocycles. The SMILES string of the molecule is CN=C(NCc1nc(C)c(C)s1)NC1CCN(c2ccccc2)C1. The predicted octanol–water partition coefficient (Wildman–Crippen LogP) is 2.70. The number of nitrogens with zero attached hydrogens (tertiary/aromatic N) is 3. The van der Waals surface area contributed by atoms with Crippen LogP contribution in [0.25, 0.3) is 0 Å². The van der Waals surface area contributed by atoms with Crippen molar-refractivity contribution >= 4 is 23.0 Å². The molecule has 0 amide bonds. The number of thiazole rings is 1. The van der Waals surface area contributed by atoms with Gasteiger partial charge in [0.05, 0.1) is 12.2 Å². The Kier molecular flexibility index (Phi) is 5.35. The zero-order valence-electron chi connectivity index (χ0n) is 14.5. The van der Waals surface area contributed by atoms with Crippen LogP contribution in [0.3, 0.4) is 0 Å². The van der Waals surface area contributed by atoms with Crippen molar-refractivity contribution in [2.75, 3.05) is 25.0 Å². The van der Waals surface area contributed by atoms with Gasteiger partial charge in [0, 0.05) is 36.7 Å². The number of aliphatic imine (C=N–C) groups is 1. The number of nitrogens with one attached hydrogen (secondary N) is 2. The normalized spacial score (nSPS) is 18.0. The van der Waals surface area contributed by atoms with E-state index in [-0.39, 0.29) is 0 Å². The fourth-order valence-corrected chi connectivity index (χ4v) is 3.79. The molecule has 1 saturated heterocycles. The molecule has 2 N–H and O–H groups in total. The Morgan fingerprint density at radius 2 is 2.12 bits per heavy atom. The second kappa shape index (κ2) is 7.66. The smallest absolute Gasteiger partial charge is 0.191 e. The Morgan fingerprint density at radius 3 is 2.79 bits per heavy atom. The van der Waals surface area contributed by atoms with Crippen LogP contribution in [0, 0.1) is 13.8 Å². The maximum absolute atomic E-state index is 4.57. The van der Waals surface area contributed by atoms with Crippen molar-refractivity contribution in [1.29, 1.82) is 0 Å². The van der Waals surface area contributed by atoms with Crippen molar-refractivity contribution < 1.29 is 0 Å². The number of para-hydroxylation sites is 1. The minimum absolute atomic E-state index is 0.413. The summed E-state index contributed by atoms with van der Waals surface area (Å²) in [5.74, 6) is 0.848. The first kappa shape index (κ1) is 16.8. The third-order valence-corrected chi connectivity index (χ3v) is 5.43. The van der Waals surface area contributed by atoms with Gasteiger partial charge in [-0.05, 0) is 32.4 Å². The van der Waals surface area contributed by atoms with E-state index < -0.39 is 0 Å². The Bertz CT molecular complexity index is 675. The van der Waals surface area contributed by atoms with Crippen molar-refractivity contribution in [3.8, 4) is 0 Å². The lowest BCUT2D eigenvalue weighted by molar-refractivity contribution is 0.648. The van der Waals surface area contributed by atoms with E-state index in [1.807, 2.05) is 7.05 Å². The Balaban J connectivity index is 1.51. The summed E-state index contributed by atoms with van der Waals surface area (Å²) >= 11 is 1.74. The summed E-state index contributed by atoms with van der Waals surface area (Å²) in [6.07, 6.45) is 1.12. The molecule has 1 aliphatic heterocycles. The number of rotatable bonds is 4. The van der Waals surface area contributed by atoms with Crippen LogP contribution in [0.2, 0.25) is 0 Å². The quantitative estimate of drug-likeness (QED) is 0.662. The molecular weight excluding hydrogens is 318 g/mol. The van der Waals surface area contributed by atoms with Gasteiger partial charge >= 0.3 is 0 Å². The number of guanidine groups is 1. The highest BCUT2D eigenvalue weighted by Crippen LogP contribution is 2.19. The topological polar surface area (TPSA) is 52.6 Å². The van der Waals surface area contributed by atoms with Crippen LogP contribution < -0.4 is 15.5 Å². The molecule has 0 saturated carbocycles. The highest BCUT2D eigenvalue weighted by atomic mass is 32.1. The van der Waals surface area contributed by atoms with E-state index in [0.717, 1.165) is 36.2 Å². The van der Waals surface area contributed by atoms with E-state index in [2.05, 4.69) is 69.7 Å². The standard InChI is InChI=1S/C18H25N5S/c1-13-14(2)24-17(21-13)11-20-18(19-3)22-15-9-10-23(12-15)16-7-5-4-6-8-16/h4-8,15H,9-12H2,1-3H3,(H2,19,20,22). The number of aryl methyl sites for hydroxylation is 2. The Labute approximate surface area is 147 Å². The summed E-state index contributed by atoms with van der Waals surface area (Å²) in [5.41, 5.74) is 2.41. The zero-order chi connectivity index (χ0) is 16.9. The Morgan fingerprint density at radius 1 is 1.33 bits per heavy atom. The van der Waals surface area contributed by atoms with Crippen molar-refractivity contribution in [3.63, 3.8) is 0 Å². The van der Waals surface area contributed by atoms with E-state index in [1.165, 1.54) is 10.6 Å². The van der Waals surface area contributed by atoms with Crippen LogP contribution in [0.15, 0.2) is 35.3 Å². The van der Waals surface area contributed by atoms with E-state index in [9.17, 15) is 0 Å². The summed E-state index contributed by atoms with van der Waals surface area (Å²) in [6, 6.07) is 11.0. The fourth-order valence-electron chi connectivity index (χ4n) is 2.91. The summed E-state index contributed by atoms with van der Waals surface area (Å²) in [6.45, 7) is 6.96. The third kappa shape index (κ3) is 4.06. The molecule has 1 aromatic carbocycles. The number of benzene rings is 1. The van der Waals surface area contributed by atoms with Gasteiger partial charge in [-0.3, -0.25) is 4.99 Å². The van der Waals surface area contributed by atoms with Gasteiger partial charge in [-0.1, -0.05) is 18.2 Å². The second-order valence-corrected chi connectivity index (χ2v) is 7.37. The molecule has 0 bridgehead atoms. The van der Waals surface area contributed by atoms with E-state index in [4.69, 9.17) is 0 Å². The van der Waals surface area contributed by atoms with Gasteiger partial charge in [-0.25, -0.2) is 4.98 Å². The van der Waals surface area contributed by atoms with Gasteiger partial charge in [0.25, 0.3) is 0 Å². The molecule has 24 heavy (non-hydrogen) atoms. The van der Waals surface area contributed by atoms with Crippen molar-refractivity contribution in [2.45, 2.75) is 32.9 Å². The first-order valence-corrected chi connectivity index (χ1v) is 9.17. The highest BCUT2D eigenvalue weighted by molar-refractivity contribution is 7.11.